The van der Waals surface area contributed by atoms with Gasteiger partial charge >= 0.3 is 70.0 Å². The molecule has 1 aliphatic carbocycles. The van der Waals surface area contributed by atoms with Crippen LogP contribution in [0, 0.1) is 6.07 Å². The predicted molar refractivity (Wildman–Crippen MR) is 149 cm³/mol. The third-order valence-electron chi connectivity index (χ3n) is 6.29. The maximum Gasteiger partial charge on any atom is -0.172 e. The Morgan fingerprint density at radius 2 is 1.32 bits per heavy atom. The van der Waals surface area contributed by atoms with Crippen LogP contribution in [-0.2, 0) is 41.1 Å². The van der Waals surface area contributed by atoms with Crippen LogP contribution in [0.5, 0.6) is 0 Å². The molecule has 0 aliphatic heterocycles. The van der Waals surface area contributed by atoms with Crippen molar-refractivity contribution < 1.29 is 48.7 Å². The first-order valence-electron chi connectivity index (χ1n) is 12.4. The van der Waals surface area contributed by atoms with Gasteiger partial charge < -0.3 is 24.8 Å². The topological polar surface area (TPSA) is 0 Å². The zero-order chi connectivity index (χ0) is 25.6. The SMILES string of the molecule is CC(C)(C)c1c[c-]c2c(c1)-c1cc(C(C)(C)C)ccc1C2.C[C](=[Hf+2])c1ccccc1.[Cl-].[Cl-].c1cc[cH-]c1. The molecule has 0 spiro atoms. The average molecular weight is 696 g/mol. The van der Waals surface area contributed by atoms with E-state index in [0.29, 0.717) is 0 Å². The van der Waals surface area contributed by atoms with E-state index >= 15 is 0 Å². The molecule has 0 bridgehead atoms. The van der Waals surface area contributed by atoms with Crippen LogP contribution in [0.2, 0.25) is 0 Å². The molecule has 5 rings (SSSR count). The summed E-state index contributed by atoms with van der Waals surface area (Å²) in [4.78, 5) is 0. The Bertz CT molecular complexity index is 1160. The molecule has 0 amide bonds. The molecule has 194 valence electrons. The van der Waals surface area contributed by atoms with Gasteiger partial charge in [-0.1, -0.05) is 76.3 Å². The monoisotopic (exact) mass is 696 g/mol. The Morgan fingerprint density at radius 1 is 0.757 bits per heavy atom. The zero-order valence-corrected chi connectivity index (χ0v) is 28.2. The minimum Gasteiger partial charge on any atom is -1.00 e. The van der Waals surface area contributed by atoms with Gasteiger partial charge in [0, 0.05) is 0 Å². The van der Waals surface area contributed by atoms with Gasteiger partial charge in [0.1, 0.15) is 0 Å². The Labute approximate surface area is 252 Å². The van der Waals surface area contributed by atoms with Gasteiger partial charge in [-0.15, -0.1) is 5.56 Å². The van der Waals surface area contributed by atoms with E-state index < -0.39 is 0 Å². The molecule has 4 aromatic rings. The molecule has 0 saturated carbocycles. The third-order valence-corrected chi connectivity index (χ3v) is 7.33. The van der Waals surface area contributed by atoms with E-state index in [1.807, 2.05) is 36.4 Å². The maximum absolute atomic E-state index is 3.53. The Balaban J connectivity index is 0.000000354. The van der Waals surface area contributed by atoms with Crippen molar-refractivity contribution in [2.45, 2.75) is 65.7 Å². The second kappa shape index (κ2) is 14.5. The Kier molecular flexibility index (Phi) is 13.0. The molecular formula is C34H38Cl2Hf-2. The van der Waals surface area contributed by atoms with Gasteiger partial charge in [-0.05, 0) is 17.4 Å². The smallest absolute Gasteiger partial charge is 0.172 e. The van der Waals surface area contributed by atoms with Crippen LogP contribution in [0.3, 0.4) is 0 Å². The minimum atomic E-state index is 0. The van der Waals surface area contributed by atoms with Crippen molar-refractivity contribution in [3.8, 4) is 11.1 Å². The van der Waals surface area contributed by atoms with Crippen LogP contribution in [0.1, 0.15) is 76.3 Å². The van der Waals surface area contributed by atoms with Crippen molar-refractivity contribution >= 4 is 3.26 Å². The van der Waals surface area contributed by atoms with E-state index in [-0.39, 0.29) is 35.6 Å². The van der Waals surface area contributed by atoms with Crippen molar-refractivity contribution in [1.29, 1.82) is 0 Å². The summed E-state index contributed by atoms with van der Waals surface area (Å²) in [6.45, 7) is 15.8. The first-order valence-corrected chi connectivity index (χ1v) is 14.2. The quantitative estimate of drug-likeness (QED) is 0.187. The normalized spacial score (nSPS) is 11.3. The van der Waals surface area contributed by atoms with Gasteiger partial charge in [0.25, 0.3) is 0 Å². The fraction of sp³-hybridized carbons (Fsp3) is 0.294. The van der Waals surface area contributed by atoms with Gasteiger partial charge in [-0.25, -0.2) is 12.1 Å². The molecule has 0 heterocycles. The summed E-state index contributed by atoms with van der Waals surface area (Å²) in [7, 11) is 0. The summed E-state index contributed by atoms with van der Waals surface area (Å²) < 4.78 is 1.51. The first-order chi connectivity index (χ1) is 16.5. The van der Waals surface area contributed by atoms with Crippen molar-refractivity contribution in [3.05, 3.63) is 125 Å². The summed E-state index contributed by atoms with van der Waals surface area (Å²) in [6.07, 6.45) is 1.03. The number of rotatable bonds is 1. The van der Waals surface area contributed by atoms with Crippen molar-refractivity contribution in [1.82, 2.24) is 0 Å². The Morgan fingerprint density at radius 3 is 1.78 bits per heavy atom. The average Bonchev–Trinajstić information content (AvgIpc) is 3.50. The molecule has 0 aromatic heterocycles. The first kappa shape index (κ1) is 33.4. The van der Waals surface area contributed by atoms with Crippen LogP contribution in [0.25, 0.3) is 11.1 Å². The second-order valence-corrected chi connectivity index (χ2v) is 14.0. The molecule has 0 radical (unpaired) electrons. The summed E-state index contributed by atoms with van der Waals surface area (Å²) in [5.74, 6) is 0. The van der Waals surface area contributed by atoms with Crippen LogP contribution >= 0.6 is 0 Å². The van der Waals surface area contributed by atoms with Gasteiger partial charge in [0.2, 0.25) is 0 Å². The molecule has 0 unspecified atom stereocenters. The second-order valence-electron chi connectivity index (χ2n) is 11.3. The van der Waals surface area contributed by atoms with E-state index in [4.69, 9.17) is 0 Å². The molecule has 3 heteroatoms. The Hall–Kier alpha value is -1.67. The molecule has 0 N–H and O–H groups in total. The summed E-state index contributed by atoms with van der Waals surface area (Å²) in [5.41, 5.74) is 10.2. The fourth-order valence-electron chi connectivity index (χ4n) is 3.99. The van der Waals surface area contributed by atoms with Gasteiger partial charge in [0.05, 0.1) is 0 Å². The van der Waals surface area contributed by atoms with Gasteiger partial charge in [-0.3, -0.25) is 0 Å². The van der Waals surface area contributed by atoms with Crippen LogP contribution in [0.15, 0.2) is 91.0 Å². The molecule has 37 heavy (non-hydrogen) atoms. The van der Waals surface area contributed by atoms with E-state index in [2.05, 4.69) is 109 Å². The summed E-state index contributed by atoms with van der Waals surface area (Å²) in [5, 5.41) is 0. The molecule has 0 atom stereocenters. The summed E-state index contributed by atoms with van der Waals surface area (Å²) in [6, 6.07) is 35.6. The van der Waals surface area contributed by atoms with Crippen LogP contribution in [-0.4, -0.2) is 3.26 Å². The minimum absolute atomic E-state index is 0. The third kappa shape index (κ3) is 9.54. The molecular weight excluding hydrogens is 658 g/mol. The number of benzene rings is 3. The molecule has 0 nitrogen and oxygen atoms in total. The van der Waals surface area contributed by atoms with Crippen LogP contribution < -0.4 is 24.8 Å². The van der Waals surface area contributed by atoms with E-state index in [1.54, 1.807) is 0 Å². The standard InChI is InChI=1S/C21H25.C8H8.C5H5.2ClH.Hf/c1-20(2,3)16-9-7-14-11-15-8-10-17(21(4,5)6)13-19(15)18(14)12-16;1-2-8-6-4-3-5-7-8;1-2-4-5-3-1;;;/h7,9-10,12-13H,11H2,1-6H3;3-7H,1H3;1-5H;2*1H;/q-1;;-1;;;+2/p-2. The number of hydrogen-bond acceptors (Lipinski definition) is 0. The largest absolute Gasteiger partial charge is 1.00 e. The van der Waals surface area contributed by atoms with Crippen molar-refractivity contribution in [3.63, 3.8) is 0 Å². The van der Waals surface area contributed by atoms with Crippen LogP contribution in [0.4, 0.5) is 0 Å². The number of fused-ring (bicyclic) bond motifs is 3. The van der Waals surface area contributed by atoms with Gasteiger partial charge in [0.15, 0.2) is 0 Å². The van der Waals surface area contributed by atoms with E-state index in [9.17, 15) is 0 Å². The molecule has 4 aromatic carbocycles. The molecule has 1 aliphatic rings. The fourth-order valence-corrected chi connectivity index (χ4v) is 4.59. The van der Waals surface area contributed by atoms with Crippen molar-refractivity contribution in [2.75, 3.05) is 0 Å². The van der Waals surface area contributed by atoms with Crippen molar-refractivity contribution in [2.24, 2.45) is 0 Å². The zero-order valence-electron chi connectivity index (χ0n) is 23.1. The maximum atomic E-state index is 3.53. The van der Waals surface area contributed by atoms with E-state index in [1.165, 1.54) is 66.1 Å². The molecule has 0 saturated heterocycles. The van der Waals surface area contributed by atoms with Gasteiger partial charge in [-0.2, -0.15) is 47.5 Å². The molecule has 0 fully saturated rings. The number of halogens is 2. The predicted octanol–water partition coefficient (Wildman–Crippen LogP) is 2.84. The summed E-state index contributed by atoms with van der Waals surface area (Å²) >= 11 is 1.17. The van der Waals surface area contributed by atoms with E-state index in [0.717, 1.165) is 6.42 Å². The number of hydrogen-bond donors (Lipinski definition) is 0.